The van der Waals surface area contributed by atoms with Gasteiger partial charge in [-0.3, -0.25) is 9.69 Å². The average molecular weight is 581 g/mol. The van der Waals surface area contributed by atoms with Crippen molar-refractivity contribution in [2.24, 2.45) is 0 Å². The van der Waals surface area contributed by atoms with Crippen LogP contribution in [0.25, 0.3) is 11.0 Å². The van der Waals surface area contributed by atoms with E-state index in [0.717, 1.165) is 43.6 Å². The largest absolute Gasteiger partial charge is 0.416 e. The second-order valence-corrected chi connectivity index (χ2v) is 10.1. The van der Waals surface area contributed by atoms with Crippen LogP contribution in [0.3, 0.4) is 0 Å². The number of hydrogen-bond donors (Lipinski definition) is 3. The zero-order valence-corrected chi connectivity index (χ0v) is 23.3. The number of methoxy groups -OCH3 is 1. The van der Waals surface area contributed by atoms with Crippen LogP contribution in [0.4, 0.5) is 36.3 Å². The van der Waals surface area contributed by atoms with Crippen molar-refractivity contribution in [3.63, 3.8) is 0 Å². The van der Waals surface area contributed by atoms with E-state index in [0.29, 0.717) is 53.7 Å². The molecule has 1 amide bonds. The molecule has 220 valence electrons. The van der Waals surface area contributed by atoms with Crippen LogP contribution in [-0.4, -0.2) is 64.1 Å². The third-order valence-corrected chi connectivity index (χ3v) is 6.90. The zero-order chi connectivity index (χ0) is 29.7. The Morgan fingerprint density at radius 2 is 1.88 bits per heavy atom. The summed E-state index contributed by atoms with van der Waals surface area (Å²) in [7, 11) is 1.60. The van der Waals surface area contributed by atoms with Crippen LogP contribution in [0.2, 0.25) is 0 Å². The van der Waals surface area contributed by atoms with Gasteiger partial charge in [0.15, 0.2) is 5.82 Å². The highest BCUT2D eigenvalue weighted by molar-refractivity contribution is 6.05. The van der Waals surface area contributed by atoms with Gasteiger partial charge in [0.05, 0.1) is 18.4 Å². The molecule has 10 nitrogen and oxygen atoms in total. The van der Waals surface area contributed by atoms with Gasteiger partial charge in [0.25, 0.3) is 5.91 Å². The highest BCUT2D eigenvalue weighted by atomic mass is 19.4. The molecule has 3 N–H and O–H groups in total. The quantitative estimate of drug-likeness (QED) is 0.212. The number of nitrogens with zero attached hydrogens (tertiary/aromatic N) is 5. The summed E-state index contributed by atoms with van der Waals surface area (Å²) < 4.78 is 46.1. The van der Waals surface area contributed by atoms with E-state index >= 15 is 0 Å². The normalized spacial score (nSPS) is 13.8. The molecular weight excluding hydrogens is 549 g/mol. The Hall–Kier alpha value is -4.36. The molecule has 0 aliphatic carbocycles. The van der Waals surface area contributed by atoms with Gasteiger partial charge >= 0.3 is 6.18 Å². The van der Waals surface area contributed by atoms with E-state index in [2.05, 4.69) is 40.8 Å². The Morgan fingerprint density at radius 1 is 1.07 bits per heavy atom. The molecule has 0 spiro atoms. The fourth-order valence-corrected chi connectivity index (χ4v) is 4.74. The van der Waals surface area contributed by atoms with Crippen molar-refractivity contribution >= 4 is 40.1 Å². The second-order valence-electron chi connectivity index (χ2n) is 10.1. The summed E-state index contributed by atoms with van der Waals surface area (Å²) in [5, 5.41) is 8.95. The standard InChI is InChI=1S/C29H31F3N8O2/c1-18-5-6-20(13-23(18)38-26-25-24(35-17-36-26)15-34-28(39-25)33-7-10-42-2)27(41)37-22-12-19(16-40-8-3-4-9-40)11-21(14-22)29(30,31)32/h5-6,11-15,17H,3-4,7-10,16H2,1-2H3,(H,37,41)(H,33,34,39)(H,35,36,38). The van der Waals surface area contributed by atoms with Gasteiger partial charge in [-0.2, -0.15) is 13.2 Å². The SMILES string of the molecule is COCCNc1ncc2ncnc(Nc3cc(C(=O)Nc4cc(CN5CCCC5)cc(C(F)(F)F)c4)ccc3C)c2n1. The molecule has 2 aromatic heterocycles. The number of alkyl halides is 3. The summed E-state index contributed by atoms with van der Waals surface area (Å²) in [6.45, 7) is 4.93. The molecule has 0 radical (unpaired) electrons. The Balaban J connectivity index is 1.38. The smallest absolute Gasteiger partial charge is 0.383 e. The molecule has 13 heteroatoms. The van der Waals surface area contributed by atoms with Gasteiger partial charge in [-0.25, -0.2) is 19.9 Å². The predicted molar refractivity (Wildman–Crippen MR) is 154 cm³/mol. The molecule has 1 aliphatic rings. The van der Waals surface area contributed by atoms with Crippen molar-refractivity contribution in [2.75, 3.05) is 49.3 Å². The first-order valence-corrected chi connectivity index (χ1v) is 13.5. The van der Waals surface area contributed by atoms with Crippen LogP contribution in [0.1, 0.15) is 39.9 Å². The van der Waals surface area contributed by atoms with Crippen molar-refractivity contribution in [3.8, 4) is 0 Å². The lowest BCUT2D eigenvalue weighted by atomic mass is 10.1. The van der Waals surface area contributed by atoms with Gasteiger partial charge in [0, 0.05) is 37.1 Å². The monoisotopic (exact) mass is 580 g/mol. The lowest BCUT2D eigenvalue weighted by Gasteiger charge is -2.18. The number of aromatic nitrogens is 4. The number of nitrogens with one attached hydrogen (secondary N) is 3. The van der Waals surface area contributed by atoms with E-state index in [9.17, 15) is 18.0 Å². The van der Waals surface area contributed by atoms with Crippen molar-refractivity contribution in [3.05, 3.63) is 71.2 Å². The highest BCUT2D eigenvalue weighted by Gasteiger charge is 2.31. The molecule has 4 aromatic rings. The number of anilines is 4. The number of carbonyl (C=O) groups is 1. The number of aryl methyl sites for hydroxylation is 1. The Kier molecular flexibility index (Phi) is 8.78. The number of fused-ring (bicyclic) bond motifs is 1. The van der Waals surface area contributed by atoms with Crippen LogP contribution in [0, 0.1) is 6.92 Å². The van der Waals surface area contributed by atoms with Crippen molar-refractivity contribution in [2.45, 2.75) is 32.5 Å². The number of likely N-dealkylation sites (tertiary alicyclic amines) is 1. The first-order valence-electron chi connectivity index (χ1n) is 13.5. The molecule has 0 bridgehead atoms. The summed E-state index contributed by atoms with van der Waals surface area (Å²) in [5.74, 6) is 0.249. The number of ether oxygens (including phenoxy) is 1. The Bertz CT molecular complexity index is 1570. The Morgan fingerprint density at radius 3 is 2.64 bits per heavy atom. The molecule has 0 saturated carbocycles. The van der Waals surface area contributed by atoms with Crippen LogP contribution in [0.15, 0.2) is 48.9 Å². The average Bonchev–Trinajstić information content (AvgIpc) is 3.47. The van der Waals surface area contributed by atoms with E-state index in [-0.39, 0.29) is 11.3 Å². The van der Waals surface area contributed by atoms with Gasteiger partial charge in [-0.15, -0.1) is 0 Å². The van der Waals surface area contributed by atoms with Gasteiger partial charge < -0.3 is 20.7 Å². The number of rotatable bonds is 10. The molecular formula is C29H31F3N8O2. The van der Waals surface area contributed by atoms with Gasteiger partial charge in [0.2, 0.25) is 5.95 Å². The minimum Gasteiger partial charge on any atom is -0.383 e. The predicted octanol–water partition coefficient (Wildman–Crippen LogP) is 5.40. The second kappa shape index (κ2) is 12.7. The van der Waals surface area contributed by atoms with Gasteiger partial charge in [-0.05, 0) is 74.3 Å². The summed E-state index contributed by atoms with van der Waals surface area (Å²) >= 11 is 0. The minimum atomic E-state index is -4.54. The maximum atomic E-state index is 13.7. The molecule has 5 rings (SSSR count). The Labute approximate surface area is 240 Å². The third-order valence-electron chi connectivity index (χ3n) is 6.90. The number of amides is 1. The van der Waals surface area contributed by atoms with Crippen molar-refractivity contribution in [1.29, 1.82) is 0 Å². The van der Waals surface area contributed by atoms with E-state index < -0.39 is 17.6 Å². The lowest BCUT2D eigenvalue weighted by Crippen LogP contribution is -2.19. The lowest BCUT2D eigenvalue weighted by molar-refractivity contribution is -0.137. The zero-order valence-electron chi connectivity index (χ0n) is 23.3. The maximum Gasteiger partial charge on any atom is 0.416 e. The van der Waals surface area contributed by atoms with E-state index in [1.807, 2.05) is 6.92 Å². The van der Waals surface area contributed by atoms with Gasteiger partial charge in [0.1, 0.15) is 17.4 Å². The first-order chi connectivity index (χ1) is 20.2. The van der Waals surface area contributed by atoms with Crippen molar-refractivity contribution < 1.29 is 22.7 Å². The maximum absolute atomic E-state index is 13.7. The fraction of sp³-hybridized carbons (Fsp3) is 0.345. The fourth-order valence-electron chi connectivity index (χ4n) is 4.74. The number of halogens is 3. The van der Waals surface area contributed by atoms with E-state index in [1.54, 1.807) is 37.6 Å². The summed E-state index contributed by atoms with van der Waals surface area (Å²) in [4.78, 5) is 32.7. The van der Waals surface area contributed by atoms with E-state index in [1.165, 1.54) is 6.33 Å². The molecule has 0 unspecified atom stereocenters. The summed E-state index contributed by atoms with van der Waals surface area (Å²) in [5.41, 5.74) is 2.44. The molecule has 0 atom stereocenters. The number of benzene rings is 2. The highest BCUT2D eigenvalue weighted by Crippen LogP contribution is 2.33. The summed E-state index contributed by atoms with van der Waals surface area (Å²) in [6.07, 6.45) is 0.469. The minimum absolute atomic E-state index is 0.0890. The molecule has 3 heterocycles. The molecule has 1 aliphatic heterocycles. The molecule has 2 aromatic carbocycles. The van der Waals surface area contributed by atoms with Crippen LogP contribution in [0.5, 0.6) is 0 Å². The number of carbonyl (C=O) groups excluding carboxylic acids is 1. The molecule has 42 heavy (non-hydrogen) atoms. The molecule has 1 saturated heterocycles. The topological polar surface area (TPSA) is 117 Å². The summed E-state index contributed by atoms with van der Waals surface area (Å²) in [6, 6.07) is 8.70. The van der Waals surface area contributed by atoms with Crippen molar-refractivity contribution in [1.82, 2.24) is 24.8 Å². The van der Waals surface area contributed by atoms with Crippen LogP contribution < -0.4 is 16.0 Å². The molecule has 1 fully saturated rings. The van der Waals surface area contributed by atoms with Crippen LogP contribution in [-0.2, 0) is 17.5 Å². The van der Waals surface area contributed by atoms with Crippen LogP contribution >= 0.6 is 0 Å². The number of hydrogen-bond acceptors (Lipinski definition) is 9. The first kappa shape index (κ1) is 29.1. The van der Waals surface area contributed by atoms with E-state index in [4.69, 9.17) is 4.74 Å². The third kappa shape index (κ3) is 7.09. The van der Waals surface area contributed by atoms with Gasteiger partial charge in [-0.1, -0.05) is 6.07 Å².